The van der Waals surface area contributed by atoms with Gasteiger partial charge in [0.05, 0.1) is 4.90 Å². The Morgan fingerprint density at radius 1 is 1.04 bits per heavy atom. The van der Waals surface area contributed by atoms with Crippen LogP contribution in [0.1, 0.15) is 23.2 Å². The van der Waals surface area contributed by atoms with Gasteiger partial charge in [0.15, 0.2) is 0 Å². The molecule has 0 spiro atoms. The third kappa shape index (κ3) is 3.74. The maximum absolute atomic E-state index is 12.5. The van der Waals surface area contributed by atoms with E-state index in [0.717, 1.165) is 31.6 Å². The van der Waals surface area contributed by atoms with Crippen molar-refractivity contribution in [2.45, 2.75) is 17.7 Å². The molecular formula is C17H18N2O4S. The van der Waals surface area contributed by atoms with Gasteiger partial charge >= 0.3 is 0 Å². The van der Waals surface area contributed by atoms with E-state index in [1.54, 1.807) is 42.5 Å². The van der Waals surface area contributed by atoms with Gasteiger partial charge in [-0.3, -0.25) is 4.79 Å². The minimum Gasteiger partial charge on any atom is -0.394 e. The van der Waals surface area contributed by atoms with Gasteiger partial charge in [0, 0.05) is 24.3 Å². The molecule has 0 atom stereocenters. The largest absolute Gasteiger partial charge is 0.394 e. The highest BCUT2D eigenvalue weighted by atomic mass is 32.2. The van der Waals surface area contributed by atoms with Crippen LogP contribution in [0.4, 0.5) is 5.69 Å². The van der Waals surface area contributed by atoms with Crippen molar-refractivity contribution in [1.29, 1.82) is 0 Å². The lowest BCUT2D eigenvalue weighted by atomic mass is 10.2. The van der Waals surface area contributed by atoms with E-state index in [-0.39, 0.29) is 4.90 Å². The average molecular weight is 346 g/mol. The van der Waals surface area contributed by atoms with Crippen LogP contribution in [0.3, 0.4) is 0 Å². The molecular weight excluding hydrogens is 328 g/mol. The summed E-state index contributed by atoms with van der Waals surface area (Å²) in [5, 5.41) is 0. The van der Waals surface area contributed by atoms with Gasteiger partial charge in [-0.05, 0) is 48.1 Å². The summed E-state index contributed by atoms with van der Waals surface area (Å²) in [6.07, 6.45) is 2.77. The second kappa shape index (κ2) is 7.02. The number of para-hydroxylation sites is 1. The number of hydrogen-bond donors (Lipinski definition) is 1. The summed E-state index contributed by atoms with van der Waals surface area (Å²) in [5.41, 5.74) is 1.05. The van der Waals surface area contributed by atoms with Gasteiger partial charge in [-0.2, -0.15) is 0 Å². The number of anilines is 1. The van der Waals surface area contributed by atoms with E-state index in [2.05, 4.69) is 9.79 Å². The fourth-order valence-corrected chi connectivity index (χ4v) is 3.50. The number of hydrogen-bond acceptors (Lipinski definition) is 5. The normalized spacial score (nSPS) is 14.6. The first-order chi connectivity index (χ1) is 11.6. The summed E-state index contributed by atoms with van der Waals surface area (Å²) < 4.78 is 24.9. The number of carbonyl (C=O) groups excluding carboxylic acids is 1. The molecule has 3 rings (SSSR count). The number of nitrogens with one attached hydrogen (secondary N) is 1. The summed E-state index contributed by atoms with van der Waals surface area (Å²) >= 11 is 0. The van der Waals surface area contributed by atoms with E-state index in [1.165, 1.54) is 6.07 Å². The van der Waals surface area contributed by atoms with Crippen LogP contribution < -0.4 is 14.6 Å². The smallest absolute Gasteiger partial charge is 0.271 e. The van der Waals surface area contributed by atoms with Gasteiger partial charge in [-0.25, -0.2) is 8.42 Å². The maximum Gasteiger partial charge on any atom is 0.271 e. The highest BCUT2D eigenvalue weighted by Crippen LogP contribution is 2.25. The average Bonchev–Trinajstić information content (AvgIpc) is 3.15. The van der Waals surface area contributed by atoms with Crippen molar-refractivity contribution in [2.75, 3.05) is 18.0 Å². The Labute approximate surface area is 141 Å². The SMILES string of the molecule is O=Cc1cc(N2CCCC2)cc(S(=O)(=O)NOc2ccccc2)c1. The van der Waals surface area contributed by atoms with Crippen LogP contribution in [0.25, 0.3) is 0 Å². The molecule has 0 amide bonds. The Morgan fingerprint density at radius 2 is 1.75 bits per heavy atom. The topological polar surface area (TPSA) is 75.7 Å². The molecule has 0 unspecified atom stereocenters. The minimum absolute atomic E-state index is 0.00457. The van der Waals surface area contributed by atoms with Gasteiger partial charge < -0.3 is 9.74 Å². The first kappa shape index (κ1) is 16.5. The first-order valence-corrected chi connectivity index (χ1v) is 9.16. The zero-order valence-corrected chi connectivity index (χ0v) is 13.8. The van der Waals surface area contributed by atoms with Crippen LogP contribution in [0, 0.1) is 0 Å². The lowest BCUT2D eigenvalue weighted by Crippen LogP contribution is -2.28. The Kier molecular flexibility index (Phi) is 4.82. The lowest BCUT2D eigenvalue weighted by molar-refractivity contribution is 0.112. The number of carbonyl (C=O) groups is 1. The zero-order valence-electron chi connectivity index (χ0n) is 13.0. The summed E-state index contributed by atoms with van der Waals surface area (Å²) in [6, 6.07) is 13.2. The molecule has 1 heterocycles. The van der Waals surface area contributed by atoms with Crippen molar-refractivity contribution in [1.82, 2.24) is 4.89 Å². The quantitative estimate of drug-likeness (QED) is 0.642. The van der Waals surface area contributed by atoms with Crippen molar-refractivity contribution in [3.05, 3.63) is 54.1 Å². The van der Waals surface area contributed by atoms with Crippen LogP contribution >= 0.6 is 0 Å². The van der Waals surface area contributed by atoms with Crippen molar-refractivity contribution in [3.63, 3.8) is 0 Å². The third-order valence-corrected chi connectivity index (χ3v) is 5.00. The molecule has 1 aliphatic rings. The molecule has 2 aromatic rings. The molecule has 1 N–H and O–H groups in total. The summed E-state index contributed by atoms with van der Waals surface area (Å²) in [4.78, 5) is 20.5. The Bertz CT molecular complexity index is 816. The molecule has 0 saturated carbocycles. The predicted octanol–water partition coefficient (Wildman–Crippen LogP) is 2.37. The standard InChI is InChI=1S/C17H18N2O4S/c20-13-14-10-15(19-8-4-5-9-19)12-17(11-14)24(21,22)18-23-16-6-2-1-3-7-16/h1-3,6-7,10-13,18H,4-5,8-9H2. The Morgan fingerprint density at radius 3 is 2.42 bits per heavy atom. The van der Waals surface area contributed by atoms with Crippen molar-refractivity contribution in [3.8, 4) is 5.75 Å². The predicted molar refractivity (Wildman–Crippen MR) is 90.7 cm³/mol. The molecule has 1 fully saturated rings. The zero-order chi connectivity index (χ0) is 17.0. The monoisotopic (exact) mass is 346 g/mol. The van der Waals surface area contributed by atoms with Gasteiger partial charge in [0.2, 0.25) is 0 Å². The number of rotatable bonds is 6. The summed E-state index contributed by atoms with van der Waals surface area (Å²) in [6.45, 7) is 1.71. The molecule has 1 saturated heterocycles. The molecule has 0 radical (unpaired) electrons. The van der Waals surface area contributed by atoms with Gasteiger partial charge in [-0.1, -0.05) is 18.2 Å². The van der Waals surface area contributed by atoms with E-state index in [0.29, 0.717) is 17.6 Å². The van der Waals surface area contributed by atoms with Crippen LogP contribution in [-0.2, 0) is 10.0 Å². The van der Waals surface area contributed by atoms with Gasteiger partial charge in [0.25, 0.3) is 10.0 Å². The van der Waals surface area contributed by atoms with Crippen molar-refractivity contribution < 1.29 is 18.0 Å². The number of aldehydes is 1. The molecule has 0 aliphatic carbocycles. The molecule has 6 nitrogen and oxygen atoms in total. The van der Waals surface area contributed by atoms with Gasteiger partial charge in [0.1, 0.15) is 12.0 Å². The maximum atomic E-state index is 12.5. The van der Waals surface area contributed by atoms with Crippen LogP contribution in [0.2, 0.25) is 0 Å². The molecule has 1 aliphatic heterocycles. The van der Waals surface area contributed by atoms with E-state index < -0.39 is 10.0 Å². The van der Waals surface area contributed by atoms with Crippen molar-refractivity contribution in [2.24, 2.45) is 0 Å². The molecule has 7 heteroatoms. The molecule has 126 valence electrons. The fourth-order valence-electron chi connectivity index (χ4n) is 2.63. The fraction of sp³-hybridized carbons (Fsp3) is 0.235. The second-order valence-electron chi connectivity index (χ2n) is 5.57. The Balaban J connectivity index is 1.86. The number of nitrogens with zero attached hydrogens (tertiary/aromatic N) is 1. The number of sulfonamides is 1. The van der Waals surface area contributed by atoms with Crippen LogP contribution in [-0.4, -0.2) is 27.8 Å². The van der Waals surface area contributed by atoms with Crippen LogP contribution in [0.15, 0.2) is 53.4 Å². The van der Waals surface area contributed by atoms with Crippen molar-refractivity contribution >= 4 is 22.0 Å². The first-order valence-electron chi connectivity index (χ1n) is 7.67. The second-order valence-corrected chi connectivity index (χ2v) is 7.22. The Hall–Kier alpha value is -2.38. The molecule has 0 bridgehead atoms. The van der Waals surface area contributed by atoms with E-state index >= 15 is 0 Å². The van der Waals surface area contributed by atoms with E-state index in [9.17, 15) is 13.2 Å². The summed E-state index contributed by atoms with van der Waals surface area (Å²) in [5.74, 6) is 0.382. The van der Waals surface area contributed by atoms with Crippen LogP contribution in [0.5, 0.6) is 5.75 Å². The van der Waals surface area contributed by atoms with Gasteiger partial charge in [-0.15, -0.1) is 0 Å². The molecule has 2 aromatic carbocycles. The lowest BCUT2D eigenvalue weighted by Gasteiger charge is -2.19. The van der Waals surface area contributed by atoms with E-state index in [1.807, 2.05) is 0 Å². The third-order valence-electron chi connectivity index (χ3n) is 3.84. The highest BCUT2D eigenvalue weighted by Gasteiger charge is 2.20. The molecule has 24 heavy (non-hydrogen) atoms. The summed E-state index contributed by atoms with van der Waals surface area (Å²) in [7, 11) is -3.90. The highest BCUT2D eigenvalue weighted by molar-refractivity contribution is 7.89. The molecule has 0 aromatic heterocycles. The van der Waals surface area contributed by atoms with E-state index in [4.69, 9.17) is 4.84 Å². The minimum atomic E-state index is -3.90. The number of benzene rings is 2.